The molecule has 0 saturated heterocycles. The Kier molecular flexibility index (Phi) is 7.00. The number of aryl methyl sites for hydroxylation is 1. The van der Waals surface area contributed by atoms with Crippen LogP contribution in [0.4, 0.5) is 5.69 Å². The molecule has 4 rings (SSSR count). The highest BCUT2D eigenvalue weighted by molar-refractivity contribution is 6.15. The van der Waals surface area contributed by atoms with Gasteiger partial charge in [0.1, 0.15) is 5.75 Å². The highest BCUT2D eigenvalue weighted by atomic mass is 16.5. The number of hydrogen-bond donors (Lipinski definition) is 2. The molecule has 0 aliphatic rings. The van der Waals surface area contributed by atoms with Crippen LogP contribution in [0.25, 0.3) is 10.8 Å². The molecule has 0 aromatic heterocycles. The molecule has 33 heavy (non-hydrogen) atoms. The first-order valence-corrected chi connectivity index (χ1v) is 11.0. The second-order valence-electron chi connectivity index (χ2n) is 7.71. The molecule has 0 fully saturated rings. The van der Waals surface area contributed by atoms with Gasteiger partial charge in [0.05, 0.1) is 18.4 Å². The number of carbonyl (C=O) groups is 2. The molecule has 0 heterocycles. The number of amides is 2. The number of rotatable bonds is 8. The SMILES string of the molecule is COc1cccc(C(=O)NCCCc2ccccc2)c1NC(=O)c1cccc2ccccc12. The Morgan fingerprint density at radius 1 is 0.758 bits per heavy atom. The van der Waals surface area contributed by atoms with Gasteiger partial charge in [0.2, 0.25) is 0 Å². The average molecular weight is 439 g/mol. The number of anilines is 1. The number of hydrogen-bond acceptors (Lipinski definition) is 3. The molecule has 0 spiro atoms. The summed E-state index contributed by atoms with van der Waals surface area (Å²) in [5, 5.41) is 7.69. The number of carbonyl (C=O) groups excluding carboxylic acids is 2. The van der Waals surface area contributed by atoms with Crippen molar-refractivity contribution in [3.8, 4) is 5.75 Å². The van der Waals surface area contributed by atoms with Crippen molar-refractivity contribution in [2.75, 3.05) is 19.0 Å². The topological polar surface area (TPSA) is 67.4 Å². The largest absolute Gasteiger partial charge is 0.495 e. The summed E-state index contributed by atoms with van der Waals surface area (Å²) in [7, 11) is 1.52. The van der Waals surface area contributed by atoms with Gasteiger partial charge in [-0.1, -0.05) is 72.8 Å². The highest BCUT2D eigenvalue weighted by Gasteiger charge is 2.19. The number of benzene rings is 4. The zero-order valence-corrected chi connectivity index (χ0v) is 18.5. The average Bonchev–Trinajstić information content (AvgIpc) is 2.86. The summed E-state index contributed by atoms with van der Waals surface area (Å²) in [5.41, 5.74) is 2.49. The van der Waals surface area contributed by atoms with Crippen molar-refractivity contribution in [1.29, 1.82) is 0 Å². The standard InChI is InChI=1S/C28H26N2O3/c1-33-25-18-8-17-24(27(31)29-19-9-12-20-10-3-2-4-11-20)26(25)30-28(32)23-16-7-14-21-13-5-6-15-22(21)23/h2-8,10-11,13-18H,9,12,19H2,1H3,(H,29,31)(H,30,32). The van der Waals surface area contributed by atoms with Gasteiger partial charge in [-0.2, -0.15) is 0 Å². The van der Waals surface area contributed by atoms with Crippen molar-refractivity contribution in [3.05, 3.63) is 108 Å². The van der Waals surface area contributed by atoms with E-state index >= 15 is 0 Å². The third kappa shape index (κ3) is 5.21. The first kappa shape index (κ1) is 22.1. The molecule has 0 radical (unpaired) electrons. The van der Waals surface area contributed by atoms with E-state index in [2.05, 4.69) is 22.8 Å². The molecule has 0 aliphatic carbocycles. The van der Waals surface area contributed by atoms with Gasteiger partial charge >= 0.3 is 0 Å². The summed E-state index contributed by atoms with van der Waals surface area (Å²) < 4.78 is 5.45. The van der Waals surface area contributed by atoms with Gasteiger partial charge in [-0.3, -0.25) is 9.59 Å². The molecule has 5 nitrogen and oxygen atoms in total. The number of nitrogens with one attached hydrogen (secondary N) is 2. The van der Waals surface area contributed by atoms with E-state index in [1.165, 1.54) is 12.7 Å². The van der Waals surface area contributed by atoms with E-state index in [4.69, 9.17) is 4.74 Å². The number of para-hydroxylation sites is 1. The molecule has 0 unspecified atom stereocenters. The molecule has 166 valence electrons. The molecule has 5 heteroatoms. The van der Waals surface area contributed by atoms with Crippen molar-refractivity contribution in [2.45, 2.75) is 12.8 Å². The Morgan fingerprint density at radius 2 is 1.45 bits per heavy atom. The maximum Gasteiger partial charge on any atom is 0.256 e. The van der Waals surface area contributed by atoms with Crippen molar-refractivity contribution in [1.82, 2.24) is 5.32 Å². The van der Waals surface area contributed by atoms with Crippen LogP contribution in [0.3, 0.4) is 0 Å². The van der Waals surface area contributed by atoms with Crippen LogP contribution in [0, 0.1) is 0 Å². The molecule has 0 aliphatic heterocycles. The first-order chi connectivity index (χ1) is 16.2. The fourth-order valence-corrected chi connectivity index (χ4v) is 3.86. The Bertz CT molecular complexity index is 1260. The minimum Gasteiger partial charge on any atom is -0.495 e. The Labute approximate surface area is 193 Å². The summed E-state index contributed by atoms with van der Waals surface area (Å²) in [4.78, 5) is 26.1. The maximum atomic E-state index is 13.2. The van der Waals surface area contributed by atoms with Crippen molar-refractivity contribution in [2.24, 2.45) is 0 Å². The Balaban J connectivity index is 1.51. The lowest BCUT2D eigenvalue weighted by Gasteiger charge is -2.16. The van der Waals surface area contributed by atoms with Crippen molar-refractivity contribution in [3.63, 3.8) is 0 Å². The molecule has 4 aromatic rings. The van der Waals surface area contributed by atoms with Crippen LogP contribution in [0.15, 0.2) is 91.0 Å². The predicted octanol–water partition coefficient (Wildman–Crippen LogP) is 5.46. The summed E-state index contributed by atoms with van der Waals surface area (Å²) in [5.74, 6) is -0.120. The lowest BCUT2D eigenvalue weighted by atomic mass is 10.0. The quantitative estimate of drug-likeness (QED) is 0.359. The zero-order valence-electron chi connectivity index (χ0n) is 18.5. The molecular formula is C28H26N2O3. The minimum absolute atomic E-state index is 0.254. The van der Waals surface area contributed by atoms with Gasteiger partial charge < -0.3 is 15.4 Å². The van der Waals surface area contributed by atoms with Crippen LogP contribution in [0.2, 0.25) is 0 Å². The Hall–Kier alpha value is -4.12. The molecule has 2 N–H and O–H groups in total. The van der Waals surface area contributed by atoms with E-state index in [-0.39, 0.29) is 11.8 Å². The normalized spacial score (nSPS) is 10.6. The lowest BCUT2D eigenvalue weighted by Crippen LogP contribution is -2.26. The molecule has 2 amide bonds. The van der Waals surface area contributed by atoms with Crippen LogP contribution in [0.1, 0.15) is 32.7 Å². The van der Waals surface area contributed by atoms with Gasteiger partial charge in [0, 0.05) is 12.1 Å². The number of ether oxygens (including phenoxy) is 1. The van der Waals surface area contributed by atoms with E-state index in [1.54, 1.807) is 24.3 Å². The zero-order chi connectivity index (χ0) is 23.0. The van der Waals surface area contributed by atoms with Crippen LogP contribution in [0.5, 0.6) is 5.75 Å². The summed E-state index contributed by atoms with van der Waals surface area (Å²) >= 11 is 0. The number of fused-ring (bicyclic) bond motifs is 1. The Morgan fingerprint density at radius 3 is 2.27 bits per heavy atom. The number of methoxy groups -OCH3 is 1. The van der Waals surface area contributed by atoms with Gasteiger partial charge in [-0.25, -0.2) is 0 Å². The van der Waals surface area contributed by atoms with E-state index < -0.39 is 0 Å². The second kappa shape index (κ2) is 10.5. The van der Waals surface area contributed by atoms with Crippen LogP contribution < -0.4 is 15.4 Å². The van der Waals surface area contributed by atoms with E-state index in [1.807, 2.05) is 54.6 Å². The van der Waals surface area contributed by atoms with E-state index in [9.17, 15) is 9.59 Å². The summed E-state index contributed by atoms with van der Waals surface area (Å²) in [6.45, 7) is 0.529. The fraction of sp³-hybridized carbons (Fsp3) is 0.143. The van der Waals surface area contributed by atoms with Crippen molar-refractivity contribution < 1.29 is 14.3 Å². The third-order valence-electron chi connectivity index (χ3n) is 5.53. The van der Waals surface area contributed by atoms with Crippen LogP contribution in [-0.2, 0) is 6.42 Å². The van der Waals surface area contributed by atoms with E-state index in [0.717, 1.165) is 23.6 Å². The molecular weight excluding hydrogens is 412 g/mol. The van der Waals surface area contributed by atoms with Gasteiger partial charge in [0.15, 0.2) is 0 Å². The second-order valence-corrected chi connectivity index (χ2v) is 7.71. The smallest absolute Gasteiger partial charge is 0.256 e. The minimum atomic E-state index is -0.297. The van der Waals surface area contributed by atoms with E-state index in [0.29, 0.717) is 29.1 Å². The molecule has 0 bridgehead atoms. The summed E-state index contributed by atoms with van der Waals surface area (Å²) in [6.07, 6.45) is 1.70. The fourth-order valence-electron chi connectivity index (χ4n) is 3.86. The predicted molar refractivity (Wildman–Crippen MR) is 132 cm³/mol. The highest BCUT2D eigenvalue weighted by Crippen LogP contribution is 2.30. The summed E-state index contributed by atoms with van der Waals surface area (Å²) in [6, 6.07) is 28.6. The molecule has 0 atom stereocenters. The maximum absolute atomic E-state index is 13.2. The third-order valence-corrected chi connectivity index (χ3v) is 5.53. The van der Waals surface area contributed by atoms with Gasteiger partial charge in [0.25, 0.3) is 11.8 Å². The van der Waals surface area contributed by atoms with Crippen LogP contribution >= 0.6 is 0 Å². The van der Waals surface area contributed by atoms with Gasteiger partial charge in [-0.05, 0) is 47.4 Å². The molecule has 4 aromatic carbocycles. The van der Waals surface area contributed by atoms with Gasteiger partial charge in [-0.15, -0.1) is 0 Å². The molecule has 0 saturated carbocycles. The monoisotopic (exact) mass is 438 g/mol. The van der Waals surface area contributed by atoms with Crippen molar-refractivity contribution >= 4 is 28.3 Å². The lowest BCUT2D eigenvalue weighted by molar-refractivity contribution is 0.0954. The first-order valence-electron chi connectivity index (χ1n) is 11.0. The van der Waals surface area contributed by atoms with Crippen LogP contribution in [-0.4, -0.2) is 25.5 Å².